The molecule has 3 heterocycles. The van der Waals surface area contributed by atoms with Crippen LogP contribution in [0.1, 0.15) is 0 Å². The van der Waals surface area contributed by atoms with Gasteiger partial charge in [0.25, 0.3) is 0 Å². The Bertz CT molecular complexity index is 905. The van der Waals surface area contributed by atoms with Gasteiger partial charge in [-0.1, -0.05) is 0 Å². The summed E-state index contributed by atoms with van der Waals surface area (Å²) in [5, 5.41) is 15.3. The number of hydrogen-bond acceptors (Lipinski definition) is 8. The molecule has 1 aliphatic rings. The Morgan fingerprint density at radius 3 is 2.85 bits per heavy atom. The number of aliphatic hydroxyl groups is 1. The summed E-state index contributed by atoms with van der Waals surface area (Å²) in [5.41, 5.74) is 2.41. The van der Waals surface area contributed by atoms with Crippen molar-refractivity contribution in [2.24, 2.45) is 0 Å². The minimum absolute atomic E-state index is 0.00853. The van der Waals surface area contributed by atoms with Crippen molar-refractivity contribution in [3.8, 4) is 22.8 Å². The Balaban J connectivity index is 1.65. The van der Waals surface area contributed by atoms with Crippen LogP contribution in [0.5, 0.6) is 11.5 Å². The van der Waals surface area contributed by atoms with E-state index in [1.165, 1.54) is 0 Å². The van der Waals surface area contributed by atoms with Crippen molar-refractivity contribution in [3.63, 3.8) is 0 Å². The third kappa shape index (κ3) is 3.50. The van der Waals surface area contributed by atoms with Crippen LogP contribution in [-0.4, -0.2) is 40.0 Å². The molecule has 0 bridgehead atoms. The van der Waals surface area contributed by atoms with Crippen molar-refractivity contribution in [2.75, 3.05) is 30.6 Å². The number of aliphatic hydroxyl groups excluding tert-OH is 1. The molecule has 0 spiro atoms. The number of pyridine rings is 1. The minimum Gasteiger partial charge on any atom is -0.454 e. The summed E-state index contributed by atoms with van der Waals surface area (Å²) in [5.74, 6) is 2.44. The molecule has 8 nitrogen and oxygen atoms in total. The molecule has 4 rings (SSSR count). The van der Waals surface area contributed by atoms with Gasteiger partial charge in [0.05, 0.1) is 12.3 Å². The summed E-state index contributed by atoms with van der Waals surface area (Å²) in [4.78, 5) is 13.1. The van der Waals surface area contributed by atoms with Crippen molar-refractivity contribution in [3.05, 3.63) is 48.8 Å². The lowest BCUT2D eigenvalue weighted by Crippen LogP contribution is -2.10. The second-order valence-corrected chi connectivity index (χ2v) is 5.55. The highest BCUT2D eigenvalue weighted by Crippen LogP contribution is 2.35. The number of fused-ring (bicyclic) bond motifs is 1. The lowest BCUT2D eigenvalue weighted by molar-refractivity contribution is 0.174. The van der Waals surface area contributed by atoms with E-state index in [0.717, 1.165) is 22.7 Å². The molecular formula is C18H17N5O3. The molecule has 0 unspecified atom stereocenters. The maximum absolute atomic E-state index is 9.04. The van der Waals surface area contributed by atoms with E-state index in [1.807, 2.05) is 36.4 Å². The monoisotopic (exact) mass is 351 g/mol. The minimum atomic E-state index is -0.00853. The van der Waals surface area contributed by atoms with Gasteiger partial charge in [-0.15, -0.1) is 0 Å². The molecule has 0 radical (unpaired) electrons. The molecule has 0 fully saturated rings. The third-order valence-electron chi connectivity index (χ3n) is 3.72. The molecule has 0 aliphatic carbocycles. The molecule has 132 valence electrons. The first-order valence-corrected chi connectivity index (χ1v) is 8.13. The highest BCUT2D eigenvalue weighted by Gasteiger charge is 2.14. The Labute approximate surface area is 149 Å². The fourth-order valence-electron chi connectivity index (χ4n) is 2.54. The molecule has 0 atom stereocenters. The maximum atomic E-state index is 9.04. The van der Waals surface area contributed by atoms with Crippen LogP contribution in [0.15, 0.2) is 48.8 Å². The second-order valence-electron chi connectivity index (χ2n) is 5.55. The van der Waals surface area contributed by atoms with Gasteiger partial charge in [-0.2, -0.15) is 4.98 Å². The van der Waals surface area contributed by atoms with Crippen LogP contribution in [0.4, 0.5) is 17.5 Å². The van der Waals surface area contributed by atoms with Crippen LogP contribution < -0.4 is 20.1 Å². The van der Waals surface area contributed by atoms with Gasteiger partial charge in [-0.25, -0.2) is 4.98 Å². The maximum Gasteiger partial charge on any atom is 0.231 e. The van der Waals surface area contributed by atoms with E-state index in [1.54, 1.807) is 12.4 Å². The molecule has 8 heteroatoms. The number of anilines is 3. The van der Waals surface area contributed by atoms with Gasteiger partial charge in [-0.3, -0.25) is 4.98 Å². The van der Waals surface area contributed by atoms with Crippen LogP contribution in [-0.2, 0) is 0 Å². The Morgan fingerprint density at radius 1 is 1.08 bits per heavy atom. The SMILES string of the molecule is OCCNc1nc(Nc2ccc3c(c2)OCO3)cc(-c2cccnc2)n1. The van der Waals surface area contributed by atoms with Gasteiger partial charge in [0.1, 0.15) is 5.82 Å². The molecule has 1 aromatic carbocycles. The largest absolute Gasteiger partial charge is 0.454 e. The zero-order chi connectivity index (χ0) is 17.8. The van der Waals surface area contributed by atoms with E-state index in [4.69, 9.17) is 14.6 Å². The summed E-state index contributed by atoms with van der Waals surface area (Å²) >= 11 is 0. The van der Waals surface area contributed by atoms with E-state index in [9.17, 15) is 0 Å². The highest BCUT2D eigenvalue weighted by molar-refractivity contribution is 5.68. The molecular weight excluding hydrogens is 334 g/mol. The second kappa shape index (κ2) is 7.24. The van der Waals surface area contributed by atoms with Crippen molar-refractivity contribution >= 4 is 17.5 Å². The third-order valence-corrected chi connectivity index (χ3v) is 3.72. The van der Waals surface area contributed by atoms with Crippen LogP contribution in [0, 0.1) is 0 Å². The van der Waals surface area contributed by atoms with Gasteiger partial charge in [0, 0.05) is 42.3 Å². The molecule has 3 N–H and O–H groups in total. The van der Waals surface area contributed by atoms with E-state index in [0.29, 0.717) is 24.1 Å². The summed E-state index contributed by atoms with van der Waals surface area (Å²) < 4.78 is 10.7. The first-order valence-electron chi connectivity index (χ1n) is 8.13. The van der Waals surface area contributed by atoms with Gasteiger partial charge >= 0.3 is 0 Å². The topological polar surface area (TPSA) is 101 Å². The van der Waals surface area contributed by atoms with Crippen LogP contribution in [0.3, 0.4) is 0 Å². The fourth-order valence-corrected chi connectivity index (χ4v) is 2.54. The summed E-state index contributed by atoms with van der Waals surface area (Å²) in [6, 6.07) is 11.2. The zero-order valence-electron chi connectivity index (χ0n) is 13.8. The molecule has 1 aliphatic heterocycles. The number of nitrogens with zero attached hydrogens (tertiary/aromatic N) is 3. The molecule has 0 saturated heterocycles. The fraction of sp³-hybridized carbons (Fsp3) is 0.167. The first kappa shape index (κ1) is 16.1. The highest BCUT2D eigenvalue weighted by atomic mass is 16.7. The van der Waals surface area contributed by atoms with E-state index >= 15 is 0 Å². The van der Waals surface area contributed by atoms with Crippen LogP contribution >= 0.6 is 0 Å². The number of ether oxygens (including phenoxy) is 2. The summed E-state index contributed by atoms with van der Waals surface area (Å²) in [6.07, 6.45) is 3.45. The Hall–Kier alpha value is -3.39. The first-order chi connectivity index (χ1) is 12.8. The van der Waals surface area contributed by atoms with Crippen molar-refractivity contribution < 1.29 is 14.6 Å². The van der Waals surface area contributed by atoms with E-state index < -0.39 is 0 Å². The predicted molar refractivity (Wildman–Crippen MR) is 96.7 cm³/mol. The van der Waals surface area contributed by atoms with Gasteiger partial charge in [0.15, 0.2) is 11.5 Å². The molecule has 0 saturated carbocycles. The van der Waals surface area contributed by atoms with Crippen molar-refractivity contribution in [1.82, 2.24) is 15.0 Å². The Kier molecular flexibility index (Phi) is 4.48. The smallest absolute Gasteiger partial charge is 0.231 e. The van der Waals surface area contributed by atoms with Gasteiger partial charge < -0.3 is 25.2 Å². The predicted octanol–water partition coefficient (Wildman–Crippen LogP) is 2.42. The van der Waals surface area contributed by atoms with Crippen LogP contribution in [0.25, 0.3) is 11.3 Å². The standard InChI is InChI=1S/C18H17N5O3/c24-7-6-20-18-22-14(12-2-1-5-19-10-12)9-17(23-18)21-13-3-4-15-16(8-13)26-11-25-15/h1-5,8-10,24H,6-7,11H2,(H2,20,21,22,23). The average Bonchev–Trinajstić information content (AvgIpc) is 3.15. The van der Waals surface area contributed by atoms with E-state index in [-0.39, 0.29) is 13.4 Å². The lowest BCUT2D eigenvalue weighted by Gasteiger charge is -2.11. The molecule has 3 aromatic rings. The summed E-state index contributed by atoms with van der Waals surface area (Å²) in [7, 11) is 0. The molecule has 0 amide bonds. The zero-order valence-corrected chi connectivity index (χ0v) is 13.8. The quantitative estimate of drug-likeness (QED) is 0.622. The van der Waals surface area contributed by atoms with E-state index in [2.05, 4.69) is 25.6 Å². The number of aromatic nitrogens is 3. The Morgan fingerprint density at radius 2 is 2.00 bits per heavy atom. The number of nitrogens with one attached hydrogen (secondary N) is 2. The summed E-state index contributed by atoms with van der Waals surface area (Å²) in [6.45, 7) is 0.581. The van der Waals surface area contributed by atoms with Crippen LogP contribution in [0.2, 0.25) is 0 Å². The number of rotatable bonds is 6. The van der Waals surface area contributed by atoms with Crippen molar-refractivity contribution in [1.29, 1.82) is 0 Å². The average molecular weight is 351 g/mol. The van der Waals surface area contributed by atoms with Gasteiger partial charge in [-0.05, 0) is 24.3 Å². The normalized spacial score (nSPS) is 12.0. The number of benzene rings is 1. The molecule has 26 heavy (non-hydrogen) atoms. The van der Waals surface area contributed by atoms with Crippen molar-refractivity contribution in [2.45, 2.75) is 0 Å². The van der Waals surface area contributed by atoms with Gasteiger partial charge in [0.2, 0.25) is 12.7 Å². The number of hydrogen-bond donors (Lipinski definition) is 3. The lowest BCUT2D eigenvalue weighted by atomic mass is 10.2. The molecule has 2 aromatic heterocycles.